The van der Waals surface area contributed by atoms with Gasteiger partial charge in [0.05, 0.1) is 13.7 Å². The first kappa shape index (κ1) is 18.6. The largest absolute Gasteiger partial charge is 0.493 e. The molecule has 1 saturated heterocycles. The van der Waals surface area contributed by atoms with Crippen LogP contribution >= 0.6 is 0 Å². The maximum atomic E-state index is 5.75. The lowest BCUT2D eigenvalue weighted by atomic mass is 9.87. The van der Waals surface area contributed by atoms with E-state index in [0.29, 0.717) is 18.4 Å². The summed E-state index contributed by atoms with van der Waals surface area (Å²) in [5.41, 5.74) is 3.83. The van der Waals surface area contributed by atoms with Gasteiger partial charge in [-0.25, -0.2) is 0 Å². The lowest BCUT2D eigenvalue weighted by Gasteiger charge is -2.18. The van der Waals surface area contributed by atoms with Gasteiger partial charge in [-0.1, -0.05) is 36.4 Å². The fourth-order valence-electron chi connectivity index (χ4n) is 4.19. The number of hydrogen-bond donors (Lipinski definition) is 1. The zero-order valence-electron chi connectivity index (χ0n) is 16.5. The van der Waals surface area contributed by atoms with Crippen LogP contribution in [0.15, 0.2) is 60.8 Å². The van der Waals surface area contributed by atoms with Gasteiger partial charge >= 0.3 is 0 Å². The van der Waals surface area contributed by atoms with Crippen LogP contribution in [-0.2, 0) is 6.54 Å². The van der Waals surface area contributed by atoms with E-state index in [1.165, 1.54) is 16.8 Å². The lowest BCUT2D eigenvalue weighted by Crippen LogP contribution is -2.20. The smallest absolute Gasteiger partial charge is 0.161 e. The third-order valence-electron chi connectivity index (χ3n) is 5.48. The van der Waals surface area contributed by atoms with Crippen molar-refractivity contribution in [3.63, 3.8) is 0 Å². The number of H-pyrrole nitrogens is 1. The SMILES string of the molecule is CCOc1cc(CN2C[C@@H](c3ccccc3)[C@H](c3ccn[nH]3)C2)ccc1OC. The van der Waals surface area contributed by atoms with E-state index in [1.807, 2.05) is 19.2 Å². The average Bonchev–Trinajstić information content (AvgIpc) is 3.39. The van der Waals surface area contributed by atoms with Gasteiger partial charge < -0.3 is 9.47 Å². The predicted molar refractivity (Wildman–Crippen MR) is 110 cm³/mol. The van der Waals surface area contributed by atoms with Crippen LogP contribution < -0.4 is 9.47 Å². The number of nitrogens with zero attached hydrogens (tertiary/aromatic N) is 2. The summed E-state index contributed by atoms with van der Waals surface area (Å²) in [7, 11) is 1.68. The molecule has 2 aromatic carbocycles. The molecular weight excluding hydrogens is 350 g/mol. The van der Waals surface area contributed by atoms with Crippen LogP contribution in [0.4, 0.5) is 0 Å². The maximum Gasteiger partial charge on any atom is 0.161 e. The quantitative estimate of drug-likeness (QED) is 0.670. The molecule has 1 aliphatic rings. The molecule has 1 N–H and O–H groups in total. The first-order valence-electron chi connectivity index (χ1n) is 9.84. The van der Waals surface area contributed by atoms with E-state index < -0.39 is 0 Å². The van der Waals surface area contributed by atoms with Crippen LogP contribution in [0.3, 0.4) is 0 Å². The Kier molecular flexibility index (Phi) is 5.63. The van der Waals surface area contributed by atoms with E-state index in [4.69, 9.17) is 9.47 Å². The van der Waals surface area contributed by atoms with Crippen LogP contribution in [-0.4, -0.2) is 41.9 Å². The van der Waals surface area contributed by atoms with Gasteiger partial charge in [0.2, 0.25) is 0 Å². The van der Waals surface area contributed by atoms with Gasteiger partial charge in [0.25, 0.3) is 0 Å². The van der Waals surface area contributed by atoms with Crippen molar-refractivity contribution in [2.75, 3.05) is 26.8 Å². The van der Waals surface area contributed by atoms with Gasteiger partial charge in [0, 0.05) is 43.4 Å². The van der Waals surface area contributed by atoms with E-state index in [1.54, 1.807) is 7.11 Å². The molecular formula is C23H27N3O2. The number of nitrogens with one attached hydrogen (secondary N) is 1. The van der Waals surface area contributed by atoms with Crippen LogP contribution in [0.2, 0.25) is 0 Å². The van der Waals surface area contributed by atoms with Gasteiger partial charge in [-0.15, -0.1) is 0 Å². The number of rotatable bonds is 7. The molecule has 0 aliphatic carbocycles. The zero-order valence-corrected chi connectivity index (χ0v) is 16.5. The maximum absolute atomic E-state index is 5.75. The minimum absolute atomic E-state index is 0.412. The Morgan fingerprint density at radius 1 is 1.04 bits per heavy atom. The molecule has 0 radical (unpaired) electrons. The van der Waals surface area contributed by atoms with E-state index in [9.17, 15) is 0 Å². The lowest BCUT2D eigenvalue weighted by molar-refractivity contribution is 0.305. The Morgan fingerprint density at radius 2 is 1.86 bits per heavy atom. The number of methoxy groups -OCH3 is 1. The standard InChI is InChI=1S/C23H27N3O2/c1-3-28-23-13-17(9-10-22(23)27-2)14-26-15-19(18-7-5-4-6-8-18)20(16-26)21-11-12-24-25-21/h4-13,19-20H,3,14-16H2,1-2H3,(H,24,25)/t19-,20+/m0/s1. The molecule has 0 saturated carbocycles. The Bertz CT molecular complexity index is 880. The van der Waals surface area contributed by atoms with Gasteiger partial charge in [0.1, 0.15) is 0 Å². The van der Waals surface area contributed by atoms with Crippen LogP contribution in [0.1, 0.15) is 35.6 Å². The topological polar surface area (TPSA) is 50.4 Å². The summed E-state index contributed by atoms with van der Waals surface area (Å²) in [6.07, 6.45) is 1.85. The normalized spacial score (nSPS) is 19.6. The van der Waals surface area contributed by atoms with Gasteiger partial charge in [-0.05, 0) is 36.2 Å². The van der Waals surface area contributed by atoms with Crippen molar-refractivity contribution < 1.29 is 9.47 Å². The number of likely N-dealkylation sites (tertiary alicyclic amines) is 1. The molecule has 28 heavy (non-hydrogen) atoms. The third kappa shape index (κ3) is 3.90. The van der Waals surface area contributed by atoms with Crippen molar-refractivity contribution in [2.45, 2.75) is 25.3 Å². The fraction of sp³-hybridized carbons (Fsp3) is 0.348. The number of hydrogen-bond acceptors (Lipinski definition) is 4. The summed E-state index contributed by atoms with van der Waals surface area (Å²) in [4.78, 5) is 2.51. The summed E-state index contributed by atoms with van der Waals surface area (Å²) in [6.45, 7) is 5.52. The van der Waals surface area contributed by atoms with Gasteiger partial charge in [0.15, 0.2) is 11.5 Å². The average molecular weight is 377 g/mol. The Morgan fingerprint density at radius 3 is 2.57 bits per heavy atom. The number of aromatic nitrogens is 2. The monoisotopic (exact) mass is 377 g/mol. The van der Waals surface area contributed by atoms with Crippen molar-refractivity contribution >= 4 is 0 Å². The first-order chi connectivity index (χ1) is 13.8. The summed E-state index contributed by atoms with van der Waals surface area (Å²) in [5, 5.41) is 7.37. The van der Waals surface area contributed by atoms with Crippen molar-refractivity contribution in [2.24, 2.45) is 0 Å². The summed E-state index contributed by atoms with van der Waals surface area (Å²) < 4.78 is 11.2. The van der Waals surface area contributed by atoms with Crippen molar-refractivity contribution in [3.05, 3.63) is 77.6 Å². The van der Waals surface area contributed by atoms with Crippen molar-refractivity contribution in [3.8, 4) is 11.5 Å². The number of ether oxygens (including phenoxy) is 2. The van der Waals surface area contributed by atoms with Crippen molar-refractivity contribution in [1.29, 1.82) is 0 Å². The molecule has 0 spiro atoms. The third-order valence-corrected chi connectivity index (χ3v) is 5.48. The highest BCUT2D eigenvalue weighted by Gasteiger charge is 2.35. The summed E-state index contributed by atoms with van der Waals surface area (Å²) in [5.74, 6) is 2.46. The molecule has 5 heteroatoms. The molecule has 0 bridgehead atoms. The number of benzene rings is 2. The zero-order chi connectivity index (χ0) is 19.3. The molecule has 5 nitrogen and oxygen atoms in total. The molecule has 3 aromatic rings. The second-order valence-electron chi connectivity index (χ2n) is 7.25. The fourth-order valence-corrected chi connectivity index (χ4v) is 4.19. The van der Waals surface area contributed by atoms with Crippen molar-refractivity contribution in [1.82, 2.24) is 15.1 Å². The second-order valence-corrected chi connectivity index (χ2v) is 7.25. The Labute approximate surface area is 166 Å². The van der Waals surface area contributed by atoms with Gasteiger partial charge in [-0.2, -0.15) is 5.10 Å². The highest BCUT2D eigenvalue weighted by molar-refractivity contribution is 5.43. The molecule has 0 unspecified atom stereocenters. The van der Waals surface area contributed by atoms with E-state index in [2.05, 4.69) is 63.6 Å². The van der Waals surface area contributed by atoms with E-state index >= 15 is 0 Å². The molecule has 1 fully saturated rings. The highest BCUT2D eigenvalue weighted by atomic mass is 16.5. The molecule has 4 rings (SSSR count). The van der Waals surface area contributed by atoms with E-state index in [-0.39, 0.29) is 0 Å². The van der Waals surface area contributed by atoms with Crippen LogP contribution in [0.25, 0.3) is 0 Å². The minimum Gasteiger partial charge on any atom is -0.493 e. The molecule has 2 heterocycles. The first-order valence-corrected chi connectivity index (χ1v) is 9.84. The summed E-state index contributed by atoms with van der Waals surface area (Å²) >= 11 is 0. The molecule has 2 atom stereocenters. The summed E-state index contributed by atoms with van der Waals surface area (Å²) in [6, 6.07) is 19.1. The highest BCUT2D eigenvalue weighted by Crippen LogP contribution is 2.39. The Balaban J connectivity index is 1.55. The molecule has 0 amide bonds. The minimum atomic E-state index is 0.412. The molecule has 1 aromatic heterocycles. The van der Waals surface area contributed by atoms with E-state index in [0.717, 1.165) is 31.1 Å². The molecule has 1 aliphatic heterocycles. The van der Waals surface area contributed by atoms with Gasteiger partial charge in [-0.3, -0.25) is 10.00 Å². The Hall–Kier alpha value is -2.79. The second kappa shape index (κ2) is 8.48. The predicted octanol–water partition coefficient (Wildman–Crippen LogP) is 4.20. The van der Waals surface area contributed by atoms with Crippen LogP contribution in [0.5, 0.6) is 11.5 Å². The van der Waals surface area contributed by atoms with Crippen LogP contribution in [0, 0.1) is 0 Å². The number of aromatic amines is 1. The molecule has 146 valence electrons.